The Morgan fingerprint density at radius 1 is 1.14 bits per heavy atom. The van der Waals surface area contributed by atoms with E-state index in [0.29, 0.717) is 0 Å². The molecule has 0 aromatic carbocycles. The van der Waals surface area contributed by atoms with E-state index in [1.807, 2.05) is 53.9 Å². The second kappa shape index (κ2) is 2.89. The van der Waals surface area contributed by atoms with Crippen LogP contribution in [0.1, 0.15) is 0 Å². The monoisotopic (exact) mass is 185 g/mol. The predicted molar refractivity (Wildman–Crippen MR) is 51.9 cm³/mol. The van der Waals surface area contributed by atoms with Gasteiger partial charge in [0.25, 0.3) is 0 Å². The molecule has 3 heteroatoms. The molecule has 3 aliphatic rings. The lowest BCUT2D eigenvalue weighted by Crippen LogP contribution is -2.26. The number of hydrogen-bond acceptors (Lipinski definition) is 3. The molecule has 2 heterocycles. The molecule has 0 aromatic heterocycles. The fraction of sp³-hybridized carbons (Fsp3) is 0.0909. The van der Waals surface area contributed by atoms with E-state index in [-0.39, 0.29) is 6.10 Å². The smallest absolute Gasteiger partial charge is 0.155 e. The average Bonchev–Trinajstić information content (AvgIpc) is 2.42. The number of hydrazine groups is 1. The van der Waals surface area contributed by atoms with Crippen molar-refractivity contribution in [2.45, 2.75) is 6.10 Å². The summed E-state index contributed by atoms with van der Waals surface area (Å²) in [6.07, 6.45) is 18.6. The maximum atomic E-state index is 5.62. The summed E-state index contributed by atoms with van der Waals surface area (Å²) >= 11 is 0. The van der Waals surface area contributed by atoms with E-state index in [1.165, 1.54) is 0 Å². The van der Waals surface area contributed by atoms with Gasteiger partial charge in [-0.3, -0.25) is 0 Å². The first-order valence-corrected chi connectivity index (χ1v) is 4.51. The molecule has 0 amide bonds. The Morgan fingerprint density at radius 3 is 3.07 bits per heavy atom. The van der Waals surface area contributed by atoms with Gasteiger partial charge in [0, 0.05) is 6.20 Å². The van der Waals surface area contributed by atoms with Gasteiger partial charge in [-0.05, 0) is 24.3 Å². The molecule has 3 nitrogen and oxygen atoms in total. The summed E-state index contributed by atoms with van der Waals surface area (Å²) in [7, 11) is 0. The highest BCUT2D eigenvalue weighted by atomic mass is 16.7. The molecule has 1 fully saturated rings. The third-order valence-electron chi connectivity index (χ3n) is 2.23. The van der Waals surface area contributed by atoms with Crippen LogP contribution in [0.2, 0.25) is 0 Å². The summed E-state index contributed by atoms with van der Waals surface area (Å²) in [5.74, 6) is 0. The minimum atomic E-state index is -0.0996. The van der Waals surface area contributed by atoms with Crippen molar-refractivity contribution in [3.05, 3.63) is 60.6 Å². The molecule has 1 atom stereocenters. The lowest BCUT2D eigenvalue weighted by molar-refractivity contribution is -0.174. The van der Waals surface area contributed by atoms with Crippen molar-refractivity contribution < 1.29 is 4.84 Å². The first-order valence-electron chi connectivity index (χ1n) is 4.51. The molecule has 1 saturated heterocycles. The molecule has 69 valence electrons. The molecule has 3 rings (SSSR count). The number of fused-ring (bicyclic) bond motifs is 3. The highest BCUT2D eigenvalue weighted by Crippen LogP contribution is 2.29. The Kier molecular flexibility index (Phi) is 1.58. The van der Waals surface area contributed by atoms with Crippen molar-refractivity contribution in [3.63, 3.8) is 0 Å². The normalized spacial score (nSPS) is 27.4. The van der Waals surface area contributed by atoms with Gasteiger partial charge in [-0.15, -0.1) is 0 Å². The van der Waals surface area contributed by atoms with Gasteiger partial charge in [0.15, 0.2) is 6.10 Å². The van der Waals surface area contributed by atoms with Crippen LogP contribution in [-0.4, -0.2) is 16.3 Å². The van der Waals surface area contributed by atoms with E-state index in [1.54, 1.807) is 5.17 Å². The van der Waals surface area contributed by atoms with E-state index in [4.69, 9.17) is 4.84 Å². The van der Waals surface area contributed by atoms with Crippen LogP contribution in [-0.2, 0) is 4.84 Å². The lowest BCUT2D eigenvalue weighted by Gasteiger charge is -2.24. The van der Waals surface area contributed by atoms with Gasteiger partial charge in [-0.25, -0.2) is 9.85 Å². The number of allylic oxidation sites excluding steroid dienone is 6. The minimum Gasteiger partial charge on any atom is -0.239 e. The van der Waals surface area contributed by atoms with Gasteiger partial charge in [-0.1, -0.05) is 18.2 Å². The molecular formula is C11H9N2O. The van der Waals surface area contributed by atoms with Crippen molar-refractivity contribution >= 4 is 0 Å². The molecular weight excluding hydrogens is 176 g/mol. The second-order valence-corrected chi connectivity index (χ2v) is 3.13. The molecule has 1 aliphatic carbocycles. The van der Waals surface area contributed by atoms with Crippen molar-refractivity contribution in [1.29, 1.82) is 0 Å². The standard InChI is InChI=1S/C11H9N2O/c1-2-6-10-11(7-3-1)14-13-9-5-4-8-12(10)13/h1-6,8-9,11H. The zero-order chi connectivity index (χ0) is 9.38. The number of hydrogen-bond donors (Lipinski definition) is 0. The third kappa shape index (κ3) is 1.03. The molecule has 0 saturated carbocycles. The van der Waals surface area contributed by atoms with Crippen molar-refractivity contribution in [3.8, 4) is 0 Å². The molecule has 0 bridgehead atoms. The summed E-state index contributed by atoms with van der Waals surface area (Å²) < 4.78 is 0. The maximum Gasteiger partial charge on any atom is 0.155 e. The Bertz CT molecular complexity index is 390. The fourth-order valence-corrected chi connectivity index (χ4v) is 1.59. The van der Waals surface area contributed by atoms with E-state index in [2.05, 4.69) is 6.08 Å². The van der Waals surface area contributed by atoms with E-state index < -0.39 is 0 Å². The van der Waals surface area contributed by atoms with Crippen LogP contribution >= 0.6 is 0 Å². The first kappa shape index (κ1) is 7.64. The Balaban J connectivity index is 2.01. The quantitative estimate of drug-likeness (QED) is 0.571. The number of hydroxylamine groups is 1. The summed E-state index contributed by atoms with van der Waals surface area (Å²) in [5.41, 5.74) is 1.08. The Labute approximate surface area is 82.5 Å². The van der Waals surface area contributed by atoms with Crippen LogP contribution in [0.3, 0.4) is 0 Å². The summed E-state index contributed by atoms with van der Waals surface area (Å²) in [6, 6.07) is 0. The minimum absolute atomic E-state index is 0.0996. The summed E-state index contributed by atoms with van der Waals surface area (Å²) in [5, 5.41) is 3.66. The molecule has 1 unspecified atom stereocenters. The zero-order valence-electron chi connectivity index (χ0n) is 7.50. The van der Waals surface area contributed by atoms with Crippen LogP contribution < -0.4 is 0 Å². The van der Waals surface area contributed by atoms with Gasteiger partial charge in [0.1, 0.15) is 0 Å². The van der Waals surface area contributed by atoms with Crippen LogP contribution in [0.15, 0.2) is 54.6 Å². The first-order chi connectivity index (χ1) is 6.95. The lowest BCUT2D eigenvalue weighted by atomic mass is 10.2. The Morgan fingerprint density at radius 2 is 2.07 bits per heavy atom. The van der Waals surface area contributed by atoms with Crippen molar-refractivity contribution in [1.82, 2.24) is 10.2 Å². The van der Waals surface area contributed by atoms with Crippen LogP contribution in [0.25, 0.3) is 0 Å². The van der Waals surface area contributed by atoms with E-state index >= 15 is 0 Å². The van der Waals surface area contributed by atoms with Gasteiger partial charge in [-0.2, -0.15) is 5.17 Å². The van der Waals surface area contributed by atoms with E-state index in [9.17, 15) is 0 Å². The van der Waals surface area contributed by atoms with Crippen molar-refractivity contribution in [2.24, 2.45) is 0 Å². The molecule has 2 aliphatic heterocycles. The maximum absolute atomic E-state index is 5.62. The van der Waals surface area contributed by atoms with E-state index in [0.717, 1.165) is 5.70 Å². The highest BCUT2D eigenvalue weighted by Gasteiger charge is 2.32. The van der Waals surface area contributed by atoms with Crippen LogP contribution in [0.4, 0.5) is 0 Å². The number of rotatable bonds is 0. The van der Waals surface area contributed by atoms with Gasteiger partial charge >= 0.3 is 0 Å². The van der Waals surface area contributed by atoms with Crippen molar-refractivity contribution in [2.75, 3.05) is 0 Å². The largest absolute Gasteiger partial charge is 0.239 e. The summed E-state index contributed by atoms with van der Waals surface area (Å²) in [4.78, 5) is 5.62. The second-order valence-electron chi connectivity index (χ2n) is 3.13. The van der Waals surface area contributed by atoms with Crippen LogP contribution in [0.5, 0.6) is 0 Å². The highest BCUT2D eigenvalue weighted by molar-refractivity contribution is 5.28. The third-order valence-corrected chi connectivity index (χ3v) is 2.23. The molecule has 0 aromatic rings. The topological polar surface area (TPSA) is 15.7 Å². The number of nitrogens with zero attached hydrogens (tertiary/aromatic N) is 2. The average molecular weight is 185 g/mol. The molecule has 0 spiro atoms. The summed E-state index contributed by atoms with van der Waals surface area (Å²) in [6.45, 7) is 0. The van der Waals surface area contributed by atoms with Gasteiger partial charge in [0.05, 0.1) is 11.9 Å². The van der Waals surface area contributed by atoms with Gasteiger partial charge < -0.3 is 0 Å². The molecule has 1 radical (unpaired) electrons. The zero-order valence-corrected chi connectivity index (χ0v) is 7.50. The molecule has 0 N–H and O–H groups in total. The predicted octanol–water partition coefficient (Wildman–Crippen LogP) is 1.67. The Hall–Kier alpha value is -1.74. The SMILES string of the molecule is [C]1=CC=CC=C2C1ON1C=CC=CN21. The molecule has 14 heavy (non-hydrogen) atoms. The van der Waals surface area contributed by atoms with Crippen LogP contribution in [0, 0.1) is 6.08 Å². The fourth-order valence-electron chi connectivity index (χ4n) is 1.59. The van der Waals surface area contributed by atoms with Gasteiger partial charge in [0.2, 0.25) is 0 Å².